The fourth-order valence-corrected chi connectivity index (χ4v) is 8.95. The summed E-state index contributed by atoms with van der Waals surface area (Å²) in [4.78, 5) is 80.6. The van der Waals surface area contributed by atoms with E-state index in [0.717, 1.165) is 0 Å². The van der Waals surface area contributed by atoms with Gasteiger partial charge in [0.1, 0.15) is 19.3 Å². The van der Waals surface area contributed by atoms with Gasteiger partial charge in [-0.05, 0) is 52.0 Å². The van der Waals surface area contributed by atoms with E-state index in [2.05, 4.69) is 9.68 Å². The second-order valence-electron chi connectivity index (χ2n) is 14.3. The maximum Gasteiger partial charge on any atom is 0.323 e. The highest BCUT2D eigenvalue weighted by atomic mass is 19.1. The van der Waals surface area contributed by atoms with Crippen LogP contribution in [0.4, 0.5) is 4.39 Å². The number of fused-ring (bicyclic) bond motifs is 7. The van der Waals surface area contributed by atoms with Gasteiger partial charge in [0, 0.05) is 23.2 Å². The summed E-state index contributed by atoms with van der Waals surface area (Å²) >= 11 is 0. The standard InChI is InChI=1S/C31H40FN3O15/c1-27(2)48-24-10-20-19-6-5-16-9-17(36)7-8-28(16,3)30(19,32)22(37)12-29(20,4)31(24,50-27)23(38)15-45-25(39)11-21(33)26(40)46-13-18(49-35(43)44)14-47-34(41)42/h5,7-8,18-22,24,37H,6,9-15,33H2,1-4H3/t18?,19?,20?,21?,22-,24+,28-,29-,30-,31+/m0/s1. The lowest BCUT2D eigenvalue weighted by Gasteiger charge is -2.62. The highest BCUT2D eigenvalue weighted by molar-refractivity contribution is 5.94. The summed E-state index contributed by atoms with van der Waals surface area (Å²) in [6.07, 6.45) is 0.0819. The van der Waals surface area contributed by atoms with Gasteiger partial charge in [-0.3, -0.25) is 19.2 Å². The quantitative estimate of drug-likeness (QED) is 0.117. The molecule has 10 atom stereocenters. The van der Waals surface area contributed by atoms with Crippen molar-refractivity contribution in [1.29, 1.82) is 0 Å². The summed E-state index contributed by atoms with van der Waals surface area (Å²) in [6.45, 7) is 3.98. The molecule has 0 spiro atoms. The normalized spacial score (nSPS) is 37.5. The molecule has 0 bridgehead atoms. The maximum atomic E-state index is 17.6. The van der Waals surface area contributed by atoms with E-state index in [1.165, 1.54) is 12.2 Å². The van der Waals surface area contributed by atoms with Crippen LogP contribution in [-0.4, -0.2) is 100 Å². The Labute approximate surface area is 284 Å². The van der Waals surface area contributed by atoms with Crippen LogP contribution in [0, 0.1) is 42.9 Å². The molecule has 0 radical (unpaired) electrons. The number of carbonyl (C=O) groups is 4. The molecule has 4 unspecified atom stereocenters. The molecule has 1 saturated heterocycles. The fraction of sp³-hybridized carbons (Fsp3) is 0.742. The van der Waals surface area contributed by atoms with Gasteiger partial charge in [-0.1, -0.05) is 24.6 Å². The lowest BCUT2D eigenvalue weighted by Crippen LogP contribution is -2.69. The van der Waals surface area contributed by atoms with Gasteiger partial charge < -0.3 is 39.5 Å². The molecule has 3 N–H and O–H groups in total. The van der Waals surface area contributed by atoms with E-state index < -0.39 is 118 Å². The Bertz CT molecular complexity index is 1540. The molecule has 2 saturated carbocycles. The molecular weight excluding hydrogens is 673 g/mol. The van der Waals surface area contributed by atoms with Gasteiger partial charge in [0.2, 0.25) is 5.78 Å². The van der Waals surface area contributed by atoms with Gasteiger partial charge in [0.15, 0.2) is 35.6 Å². The first kappa shape index (κ1) is 37.2. The zero-order valence-electron chi connectivity index (χ0n) is 27.9. The van der Waals surface area contributed by atoms with E-state index in [-0.39, 0.29) is 31.5 Å². The first-order valence-electron chi connectivity index (χ1n) is 16.1. The minimum atomic E-state index is -2.16. The van der Waals surface area contributed by atoms with E-state index in [9.17, 15) is 44.5 Å². The number of ketones is 2. The molecule has 276 valence electrons. The third-order valence-corrected chi connectivity index (χ3v) is 11.1. The van der Waals surface area contributed by atoms with Gasteiger partial charge in [0.05, 0.1) is 18.6 Å². The van der Waals surface area contributed by atoms with Gasteiger partial charge >= 0.3 is 11.9 Å². The van der Waals surface area contributed by atoms with Gasteiger partial charge in [-0.2, -0.15) is 0 Å². The molecule has 0 aromatic rings. The van der Waals surface area contributed by atoms with E-state index in [1.54, 1.807) is 27.7 Å². The predicted octanol–water partition coefficient (Wildman–Crippen LogP) is 1.02. The van der Waals surface area contributed by atoms with E-state index in [1.807, 2.05) is 6.08 Å². The zero-order valence-corrected chi connectivity index (χ0v) is 27.9. The molecule has 1 aliphatic heterocycles. The summed E-state index contributed by atoms with van der Waals surface area (Å²) in [5.74, 6) is -5.75. The number of esters is 2. The Morgan fingerprint density at radius 1 is 1.12 bits per heavy atom. The zero-order chi connectivity index (χ0) is 37.0. The van der Waals surface area contributed by atoms with Gasteiger partial charge in [0.25, 0.3) is 10.2 Å². The van der Waals surface area contributed by atoms with E-state index in [4.69, 9.17) is 24.7 Å². The third-order valence-electron chi connectivity index (χ3n) is 11.1. The topological polar surface area (TPSA) is 256 Å². The van der Waals surface area contributed by atoms with E-state index in [0.29, 0.717) is 5.57 Å². The van der Waals surface area contributed by atoms with Crippen molar-refractivity contribution in [2.75, 3.05) is 19.8 Å². The van der Waals surface area contributed by atoms with Crippen molar-refractivity contribution in [1.82, 2.24) is 0 Å². The first-order chi connectivity index (χ1) is 23.2. The number of hydrogen-bond acceptors (Lipinski definition) is 16. The second-order valence-corrected chi connectivity index (χ2v) is 14.3. The molecule has 1 heterocycles. The summed E-state index contributed by atoms with van der Waals surface area (Å²) in [5, 5.41) is 30.2. The molecule has 5 rings (SSSR count). The number of nitrogens with zero attached hydrogens (tertiary/aromatic N) is 2. The van der Waals surface area contributed by atoms with E-state index >= 15 is 4.39 Å². The van der Waals surface area contributed by atoms with Crippen molar-refractivity contribution in [3.05, 3.63) is 44.0 Å². The molecule has 5 aliphatic rings. The minimum absolute atomic E-state index is 0.0493. The lowest BCUT2D eigenvalue weighted by atomic mass is 9.45. The van der Waals surface area contributed by atoms with Crippen LogP contribution in [0.1, 0.15) is 59.8 Å². The van der Waals surface area contributed by atoms with Crippen LogP contribution in [0.25, 0.3) is 0 Å². The Morgan fingerprint density at radius 2 is 1.82 bits per heavy atom. The molecule has 0 aromatic heterocycles. The predicted molar refractivity (Wildman–Crippen MR) is 161 cm³/mol. The Kier molecular flexibility index (Phi) is 9.61. The summed E-state index contributed by atoms with van der Waals surface area (Å²) in [6, 6.07) is -1.66. The molecule has 0 aromatic carbocycles. The molecule has 19 heteroatoms. The summed E-state index contributed by atoms with van der Waals surface area (Å²) in [7, 11) is 0. The number of halogens is 1. The Hall–Kier alpha value is -4.07. The van der Waals surface area contributed by atoms with Crippen molar-refractivity contribution in [2.24, 2.45) is 28.4 Å². The number of allylic oxidation sites excluding steroid dienone is 4. The van der Waals surface area contributed by atoms with Crippen LogP contribution in [0.2, 0.25) is 0 Å². The van der Waals surface area contributed by atoms with Gasteiger partial charge in [-0.15, -0.1) is 20.2 Å². The number of alkyl halides is 1. The maximum absolute atomic E-state index is 17.6. The van der Waals surface area contributed by atoms with Crippen LogP contribution in [0.5, 0.6) is 0 Å². The van der Waals surface area contributed by atoms with Crippen LogP contribution in [-0.2, 0) is 47.8 Å². The van der Waals surface area contributed by atoms with Crippen LogP contribution >= 0.6 is 0 Å². The first-order valence-corrected chi connectivity index (χ1v) is 16.1. The van der Waals surface area contributed by atoms with Crippen LogP contribution in [0.15, 0.2) is 23.8 Å². The number of aliphatic hydroxyl groups excluding tert-OH is 1. The summed E-state index contributed by atoms with van der Waals surface area (Å²) in [5.41, 5.74) is -0.0290. The monoisotopic (exact) mass is 713 g/mol. The Morgan fingerprint density at radius 3 is 2.48 bits per heavy atom. The van der Waals surface area contributed by atoms with Crippen molar-refractivity contribution >= 4 is 23.5 Å². The average Bonchev–Trinajstić information content (AvgIpc) is 3.43. The highest BCUT2D eigenvalue weighted by Gasteiger charge is 2.80. The second kappa shape index (κ2) is 12.9. The number of carbonyl (C=O) groups excluding carboxylic acids is 4. The van der Waals surface area contributed by atoms with Crippen molar-refractivity contribution in [2.45, 2.75) is 101 Å². The largest absolute Gasteiger partial charge is 0.462 e. The lowest BCUT2D eigenvalue weighted by molar-refractivity contribution is -0.790. The number of Topliss-reactive ketones (excluding diaryl/α,β-unsaturated/α-hetero) is 1. The average molecular weight is 714 g/mol. The number of ether oxygens (including phenoxy) is 4. The van der Waals surface area contributed by atoms with Crippen molar-refractivity contribution < 1.29 is 67.5 Å². The number of rotatable bonds is 13. The molecule has 18 nitrogen and oxygen atoms in total. The molecular formula is C31H40FN3O15. The fourth-order valence-electron chi connectivity index (χ4n) is 8.95. The van der Waals surface area contributed by atoms with Crippen molar-refractivity contribution in [3.63, 3.8) is 0 Å². The highest BCUT2D eigenvalue weighted by Crippen LogP contribution is 2.71. The molecule has 0 amide bonds. The third kappa shape index (κ3) is 6.02. The minimum Gasteiger partial charge on any atom is -0.462 e. The number of nitrogens with two attached hydrogens (primary N) is 1. The smallest absolute Gasteiger partial charge is 0.323 e. The van der Waals surface area contributed by atoms with Gasteiger partial charge in [-0.25, -0.2) is 4.39 Å². The number of aliphatic hydroxyl groups is 1. The van der Waals surface area contributed by atoms with Crippen LogP contribution in [0.3, 0.4) is 0 Å². The summed E-state index contributed by atoms with van der Waals surface area (Å²) < 4.78 is 40.2. The Balaban J connectivity index is 1.28. The molecule has 4 aliphatic carbocycles. The van der Waals surface area contributed by atoms with Crippen LogP contribution < -0.4 is 5.73 Å². The van der Waals surface area contributed by atoms with Crippen molar-refractivity contribution in [3.8, 4) is 0 Å². The molecule has 50 heavy (non-hydrogen) atoms. The number of hydrogen-bond donors (Lipinski definition) is 2. The SMILES string of the molecule is CC1(C)O[C@@H]2CC3C4CC=C5CC(=O)C=C[C@]5(C)[C@@]4(F)[C@@H](O)C[C@]3(C)[C@]2(C(=O)COC(=O)CC(N)C(=O)OCC(CO[N+](=O)[O-])O[N+](=O)[O-])O1. The molecule has 3 fully saturated rings.